The molecule has 16 heavy (non-hydrogen) atoms. The summed E-state index contributed by atoms with van der Waals surface area (Å²) in [6.07, 6.45) is 0. The molecular formula is C11H16INO2S. The van der Waals surface area contributed by atoms with Gasteiger partial charge < -0.3 is 0 Å². The first-order chi connectivity index (χ1) is 7.43. The Balaban J connectivity index is 3.27. The quantitative estimate of drug-likeness (QED) is 0.781. The third-order valence-electron chi connectivity index (χ3n) is 2.41. The van der Waals surface area contributed by atoms with Gasteiger partial charge in [-0.15, -0.1) is 0 Å². The molecule has 0 spiro atoms. The molecule has 0 atom stereocenters. The first kappa shape index (κ1) is 13.9. The largest absolute Gasteiger partial charge is 0.244 e. The third kappa shape index (κ3) is 2.75. The zero-order valence-electron chi connectivity index (χ0n) is 9.70. The van der Waals surface area contributed by atoms with Crippen LogP contribution < -0.4 is 0 Å². The van der Waals surface area contributed by atoms with Crippen LogP contribution in [0.1, 0.15) is 19.4 Å². The highest BCUT2D eigenvalue weighted by molar-refractivity contribution is 14.1. The van der Waals surface area contributed by atoms with E-state index < -0.39 is 10.0 Å². The summed E-state index contributed by atoms with van der Waals surface area (Å²) < 4.78 is 26.7. The Morgan fingerprint density at radius 1 is 1.25 bits per heavy atom. The van der Waals surface area contributed by atoms with Gasteiger partial charge in [0.25, 0.3) is 0 Å². The van der Waals surface area contributed by atoms with E-state index in [0.29, 0.717) is 18.0 Å². The molecule has 5 heteroatoms. The number of rotatable bonds is 4. The van der Waals surface area contributed by atoms with Crippen molar-refractivity contribution < 1.29 is 8.42 Å². The number of benzene rings is 1. The van der Waals surface area contributed by atoms with Gasteiger partial charge in [-0.05, 0) is 47.2 Å². The van der Waals surface area contributed by atoms with Crippen molar-refractivity contribution in [2.45, 2.75) is 25.7 Å². The van der Waals surface area contributed by atoms with Crippen molar-refractivity contribution in [2.24, 2.45) is 0 Å². The van der Waals surface area contributed by atoms with E-state index in [-0.39, 0.29) is 0 Å². The van der Waals surface area contributed by atoms with Crippen LogP contribution in [0.2, 0.25) is 0 Å². The zero-order chi connectivity index (χ0) is 12.3. The molecule has 0 saturated carbocycles. The summed E-state index contributed by atoms with van der Waals surface area (Å²) in [4.78, 5) is 0.405. The van der Waals surface area contributed by atoms with Crippen LogP contribution in [-0.4, -0.2) is 25.8 Å². The Morgan fingerprint density at radius 3 is 2.25 bits per heavy atom. The van der Waals surface area contributed by atoms with E-state index in [2.05, 4.69) is 22.6 Å². The predicted molar refractivity (Wildman–Crippen MR) is 74.0 cm³/mol. The van der Waals surface area contributed by atoms with Gasteiger partial charge in [-0.25, -0.2) is 8.42 Å². The highest BCUT2D eigenvalue weighted by Gasteiger charge is 2.23. The number of aryl methyl sites for hydroxylation is 1. The molecule has 90 valence electrons. The molecule has 0 aliphatic carbocycles. The fourth-order valence-corrected chi connectivity index (χ4v) is 4.53. The van der Waals surface area contributed by atoms with E-state index in [9.17, 15) is 8.42 Å². The van der Waals surface area contributed by atoms with E-state index in [1.807, 2.05) is 32.9 Å². The van der Waals surface area contributed by atoms with E-state index in [0.717, 1.165) is 9.13 Å². The number of hydrogen-bond acceptors (Lipinski definition) is 2. The van der Waals surface area contributed by atoms with Crippen molar-refractivity contribution in [1.82, 2.24) is 4.31 Å². The van der Waals surface area contributed by atoms with Gasteiger partial charge >= 0.3 is 0 Å². The molecule has 1 rings (SSSR count). The van der Waals surface area contributed by atoms with E-state index in [4.69, 9.17) is 0 Å². The van der Waals surface area contributed by atoms with Crippen molar-refractivity contribution in [2.75, 3.05) is 13.1 Å². The second-order valence-electron chi connectivity index (χ2n) is 3.52. The van der Waals surface area contributed by atoms with E-state index in [1.165, 1.54) is 4.31 Å². The molecule has 3 nitrogen and oxygen atoms in total. The molecule has 0 bridgehead atoms. The van der Waals surface area contributed by atoms with Gasteiger partial charge in [0.2, 0.25) is 10.0 Å². The molecule has 0 amide bonds. The average molecular weight is 353 g/mol. The van der Waals surface area contributed by atoms with Gasteiger partial charge in [0.15, 0.2) is 0 Å². The Bertz CT molecular complexity index is 467. The molecule has 1 aromatic rings. The van der Waals surface area contributed by atoms with Gasteiger partial charge in [0, 0.05) is 16.7 Å². The number of hydrogen-bond donors (Lipinski definition) is 0. The first-order valence-corrected chi connectivity index (χ1v) is 7.71. The van der Waals surface area contributed by atoms with Crippen LogP contribution in [0.25, 0.3) is 0 Å². The minimum atomic E-state index is -3.32. The molecule has 0 saturated heterocycles. The van der Waals surface area contributed by atoms with Crippen molar-refractivity contribution >= 4 is 32.6 Å². The van der Waals surface area contributed by atoms with E-state index in [1.54, 1.807) is 6.07 Å². The van der Waals surface area contributed by atoms with Gasteiger partial charge in [0.1, 0.15) is 0 Å². The van der Waals surface area contributed by atoms with Crippen LogP contribution >= 0.6 is 22.6 Å². The minimum absolute atomic E-state index is 0.405. The minimum Gasteiger partial charge on any atom is -0.207 e. The van der Waals surface area contributed by atoms with Gasteiger partial charge in [-0.2, -0.15) is 4.31 Å². The lowest BCUT2D eigenvalue weighted by Crippen LogP contribution is -2.31. The second-order valence-corrected chi connectivity index (χ2v) is 6.59. The van der Waals surface area contributed by atoms with Crippen LogP contribution in [0.3, 0.4) is 0 Å². The average Bonchev–Trinajstić information content (AvgIpc) is 2.18. The lowest BCUT2D eigenvalue weighted by Gasteiger charge is -2.19. The standard InChI is InChI=1S/C11H16INO2S/c1-4-13(5-2)16(14,15)11-7-6-9(3)8-10(11)12/h6-8H,4-5H2,1-3H3. The van der Waals surface area contributed by atoms with Crippen LogP contribution in [0, 0.1) is 10.5 Å². The molecule has 0 heterocycles. The fraction of sp³-hybridized carbons (Fsp3) is 0.455. The van der Waals surface area contributed by atoms with Crippen molar-refractivity contribution in [3.8, 4) is 0 Å². The summed E-state index contributed by atoms with van der Waals surface area (Å²) in [5, 5.41) is 0. The van der Waals surface area contributed by atoms with Gasteiger partial charge in [-0.1, -0.05) is 19.9 Å². The maximum Gasteiger partial charge on any atom is 0.244 e. The van der Waals surface area contributed by atoms with E-state index >= 15 is 0 Å². The molecule has 0 aromatic heterocycles. The fourth-order valence-electron chi connectivity index (χ4n) is 1.52. The van der Waals surface area contributed by atoms with Crippen molar-refractivity contribution in [3.05, 3.63) is 27.3 Å². The molecule has 0 unspecified atom stereocenters. The maximum atomic E-state index is 12.2. The molecule has 0 radical (unpaired) electrons. The van der Waals surface area contributed by atoms with Crippen molar-refractivity contribution in [1.29, 1.82) is 0 Å². The molecular weight excluding hydrogens is 337 g/mol. The van der Waals surface area contributed by atoms with Crippen LogP contribution in [0.15, 0.2) is 23.1 Å². The van der Waals surface area contributed by atoms with Crippen molar-refractivity contribution in [3.63, 3.8) is 0 Å². The summed E-state index contributed by atoms with van der Waals surface area (Å²) in [6.45, 7) is 6.66. The van der Waals surface area contributed by atoms with Crippen LogP contribution in [-0.2, 0) is 10.0 Å². The van der Waals surface area contributed by atoms with Crippen LogP contribution in [0.4, 0.5) is 0 Å². The summed E-state index contributed by atoms with van der Waals surface area (Å²) >= 11 is 2.07. The Morgan fingerprint density at radius 2 is 1.81 bits per heavy atom. The SMILES string of the molecule is CCN(CC)S(=O)(=O)c1ccc(C)cc1I. The monoisotopic (exact) mass is 353 g/mol. The normalized spacial score (nSPS) is 12.1. The smallest absolute Gasteiger partial charge is 0.207 e. The summed E-state index contributed by atoms with van der Waals surface area (Å²) in [5.74, 6) is 0. The Kier molecular flexibility index (Phi) is 4.75. The first-order valence-electron chi connectivity index (χ1n) is 5.19. The lowest BCUT2D eigenvalue weighted by atomic mass is 10.2. The zero-order valence-corrected chi connectivity index (χ0v) is 12.7. The number of nitrogens with zero attached hydrogens (tertiary/aromatic N) is 1. The summed E-state index contributed by atoms with van der Waals surface area (Å²) in [6, 6.07) is 5.40. The molecule has 0 fully saturated rings. The molecule has 0 aliphatic heterocycles. The lowest BCUT2D eigenvalue weighted by molar-refractivity contribution is 0.445. The molecule has 0 N–H and O–H groups in total. The third-order valence-corrected chi connectivity index (χ3v) is 5.78. The number of halogens is 1. The second kappa shape index (κ2) is 5.46. The molecule has 1 aromatic carbocycles. The Hall–Kier alpha value is -0.140. The summed E-state index contributed by atoms with van der Waals surface area (Å²) in [5.41, 5.74) is 1.07. The molecule has 0 aliphatic rings. The highest BCUT2D eigenvalue weighted by Crippen LogP contribution is 2.22. The van der Waals surface area contributed by atoms with Gasteiger partial charge in [0.05, 0.1) is 4.90 Å². The maximum absolute atomic E-state index is 12.2. The summed E-state index contributed by atoms with van der Waals surface area (Å²) in [7, 11) is -3.32. The van der Waals surface area contributed by atoms with Crippen LogP contribution in [0.5, 0.6) is 0 Å². The number of sulfonamides is 1. The predicted octanol–water partition coefficient (Wildman–Crippen LogP) is 2.63. The Labute approximate surface area is 111 Å². The van der Waals surface area contributed by atoms with Gasteiger partial charge in [-0.3, -0.25) is 0 Å². The highest BCUT2D eigenvalue weighted by atomic mass is 127. The topological polar surface area (TPSA) is 37.4 Å².